The maximum atomic E-state index is 13.9. The van der Waals surface area contributed by atoms with Crippen molar-refractivity contribution in [3.63, 3.8) is 0 Å². The third-order valence-electron chi connectivity index (χ3n) is 7.92. The molecule has 0 radical (unpaired) electrons. The Labute approximate surface area is 217 Å². The van der Waals surface area contributed by atoms with Crippen LogP contribution in [-0.2, 0) is 16.0 Å². The van der Waals surface area contributed by atoms with Crippen molar-refractivity contribution in [1.29, 1.82) is 0 Å². The Kier molecular flexibility index (Phi) is 7.10. The molecule has 38 heavy (non-hydrogen) atoms. The van der Waals surface area contributed by atoms with Crippen molar-refractivity contribution >= 4 is 23.2 Å². The number of carbonyl (C=O) groups is 3. The third kappa shape index (κ3) is 4.26. The summed E-state index contributed by atoms with van der Waals surface area (Å²) in [5.41, 5.74) is 3.07. The van der Waals surface area contributed by atoms with Crippen LogP contribution in [-0.4, -0.2) is 88.1 Å². The fourth-order valence-electron chi connectivity index (χ4n) is 6.54. The number of benzene rings is 1. The van der Waals surface area contributed by atoms with Gasteiger partial charge in [-0.05, 0) is 63.4 Å². The summed E-state index contributed by atoms with van der Waals surface area (Å²) in [6.07, 6.45) is -2.41. The van der Waals surface area contributed by atoms with Gasteiger partial charge in [-0.15, -0.1) is 0 Å². The van der Waals surface area contributed by atoms with Gasteiger partial charge in [0.15, 0.2) is 11.6 Å². The van der Waals surface area contributed by atoms with Crippen LogP contribution in [0, 0.1) is 17.8 Å². The molecule has 3 aliphatic rings. The Bertz CT molecular complexity index is 1270. The molecule has 3 aliphatic carbocycles. The quantitative estimate of drug-likeness (QED) is 0.279. The van der Waals surface area contributed by atoms with Crippen molar-refractivity contribution in [2.75, 3.05) is 27.2 Å². The molecule has 0 aliphatic heterocycles. The number of likely N-dealkylation sites (N-methyl/N-ethyl adjacent to an activating group) is 1. The Morgan fingerprint density at radius 2 is 1.89 bits per heavy atom. The maximum Gasteiger partial charge on any atom is 0.251 e. The summed E-state index contributed by atoms with van der Waals surface area (Å²) in [5.74, 6) is -6.23. The summed E-state index contributed by atoms with van der Waals surface area (Å²) in [6, 6.07) is 1.67. The standard InChI is InChI=1S/C26H31F2N3O7/c1-26(38)19-13(21(31(2)3)24(36)20(26)25(29)37)7-10-6-12-11(15(33)8-30-9-16(27)28)4-5-14(32)18(12)22(34)17(10)23(19)35/h4-5,10,13,16,19,21,30,32,34,36,38H,6-9H2,1-3H3,(H2,29,37)/t10?,13?,19?,21-,26?/m0/s1. The fourth-order valence-corrected chi connectivity index (χ4v) is 6.54. The van der Waals surface area contributed by atoms with E-state index >= 15 is 0 Å². The molecule has 0 saturated heterocycles. The first-order valence-electron chi connectivity index (χ1n) is 12.2. The number of hydrogen-bond acceptors (Lipinski definition) is 9. The molecule has 4 unspecified atom stereocenters. The number of halogens is 2. The number of Topliss-reactive ketones (excluding diaryl/α,β-unsaturated/α-hetero) is 2. The molecule has 7 N–H and O–H groups in total. The summed E-state index contributed by atoms with van der Waals surface area (Å²) >= 11 is 0. The lowest BCUT2D eigenvalue weighted by atomic mass is 9.55. The van der Waals surface area contributed by atoms with Gasteiger partial charge in [0.1, 0.15) is 22.9 Å². The number of nitrogens with one attached hydrogen (secondary N) is 1. The van der Waals surface area contributed by atoms with Gasteiger partial charge in [0.2, 0.25) is 0 Å². The van der Waals surface area contributed by atoms with E-state index in [0.717, 1.165) is 0 Å². The number of amides is 1. The number of rotatable bonds is 7. The first-order valence-corrected chi connectivity index (χ1v) is 12.2. The fraction of sp³-hybridized carbons (Fsp3) is 0.500. The van der Waals surface area contributed by atoms with Crippen LogP contribution in [0.1, 0.15) is 34.8 Å². The summed E-state index contributed by atoms with van der Waals surface area (Å²) in [5, 5.41) is 46.6. The Morgan fingerprint density at radius 3 is 2.47 bits per heavy atom. The Morgan fingerprint density at radius 1 is 1.24 bits per heavy atom. The summed E-state index contributed by atoms with van der Waals surface area (Å²) in [7, 11) is 3.28. The lowest BCUT2D eigenvalue weighted by molar-refractivity contribution is -0.139. The molecule has 12 heteroatoms. The highest BCUT2D eigenvalue weighted by Crippen LogP contribution is 2.54. The largest absolute Gasteiger partial charge is 0.510 e. The van der Waals surface area contributed by atoms with Gasteiger partial charge in [0.05, 0.1) is 36.2 Å². The van der Waals surface area contributed by atoms with Crippen LogP contribution in [0.3, 0.4) is 0 Å². The van der Waals surface area contributed by atoms with Crippen molar-refractivity contribution < 1.29 is 43.6 Å². The number of aromatic hydroxyl groups is 1. The van der Waals surface area contributed by atoms with Crippen LogP contribution >= 0.6 is 0 Å². The van der Waals surface area contributed by atoms with E-state index in [1.807, 2.05) is 0 Å². The molecule has 1 amide bonds. The van der Waals surface area contributed by atoms with Crippen LogP contribution in [0.5, 0.6) is 5.75 Å². The topological polar surface area (TPSA) is 173 Å². The minimum atomic E-state index is -2.65. The maximum absolute atomic E-state index is 13.9. The van der Waals surface area contributed by atoms with Crippen molar-refractivity contribution in [1.82, 2.24) is 10.2 Å². The molecule has 4 rings (SSSR count). The molecule has 0 spiro atoms. The highest BCUT2D eigenvalue weighted by Gasteiger charge is 2.60. The van der Waals surface area contributed by atoms with Gasteiger partial charge in [0, 0.05) is 11.1 Å². The number of alkyl halides is 2. The smallest absolute Gasteiger partial charge is 0.251 e. The predicted octanol–water partition coefficient (Wildman–Crippen LogP) is 1.07. The predicted molar refractivity (Wildman–Crippen MR) is 132 cm³/mol. The zero-order valence-electron chi connectivity index (χ0n) is 21.2. The van der Waals surface area contributed by atoms with E-state index in [1.54, 1.807) is 19.0 Å². The van der Waals surface area contributed by atoms with Gasteiger partial charge in [-0.2, -0.15) is 0 Å². The molecule has 0 bridgehead atoms. The SMILES string of the molecule is CN(C)[C@@H]1C(O)=C(C(N)=O)C(C)(O)C2C(=O)C3=C(O)c4c(O)ccc(C(=O)CNCC(F)F)c4CC3CC21. The van der Waals surface area contributed by atoms with Crippen LogP contribution in [0.25, 0.3) is 5.76 Å². The van der Waals surface area contributed by atoms with Gasteiger partial charge >= 0.3 is 0 Å². The zero-order chi connectivity index (χ0) is 28.3. The highest BCUT2D eigenvalue weighted by molar-refractivity contribution is 6.09. The number of ketones is 2. The van der Waals surface area contributed by atoms with E-state index in [-0.39, 0.29) is 40.9 Å². The van der Waals surface area contributed by atoms with Crippen LogP contribution in [0.15, 0.2) is 29.0 Å². The third-order valence-corrected chi connectivity index (χ3v) is 7.92. The van der Waals surface area contributed by atoms with E-state index in [4.69, 9.17) is 5.73 Å². The van der Waals surface area contributed by atoms with E-state index in [9.17, 15) is 43.6 Å². The normalized spacial score (nSPS) is 28.9. The van der Waals surface area contributed by atoms with E-state index in [1.165, 1.54) is 19.1 Å². The molecule has 5 atom stereocenters. The Hall–Kier alpha value is -3.35. The van der Waals surface area contributed by atoms with E-state index in [0.29, 0.717) is 0 Å². The number of phenolic OH excluding ortho intramolecular Hbond substituents is 1. The molecule has 1 fully saturated rings. The van der Waals surface area contributed by atoms with Crippen molar-refractivity contribution in [3.8, 4) is 5.75 Å². The van der Waals surface area contributed by atoms with Crippen LogP contribution in [0.2, 0.25) is 0 Å². The molecule has 1 aromatic carbocycles. The molecule has 0 aromatic heterocycles. The van der Waals surface area contributed by atoms with E-state index < -0.39 is 83.5 Å². The Balaban J connectivity index is 1.83. The number of primary amides is 1. The molecule has 206 valence electrons. The summed E-state index contributed by atoms with van der Waals surface area (Å²) in [6.45, 7) is 0.144. The average Bonchev–Trinajstić information content (AvgIpc) is 2.77. The lowest BCUT2D eigenvalue weighted by Crippen LogP contribution is -2.61. The number of hydrogen-bond donors (Lipinski definition) is 6. The summed E-state index contributed by atoms with van der Waals surface area (Å²) in [4.78, 5) is 40.6. The van der Waals surface area contributed by atoms with Gasteiger partial charge in [-0.3, -0.25) is 19.3 Å². The van der Waals surface area contributed by atoms with Crippen LogP contribution in [0.4, 0.5) is 8.78 Å². The number of aliphatic hydroxyl groups excluding tert-OH is 2. The molecule has 0 heterocycles. The van der Waals surface area contributed by atoms with Gasteiger partial charge in [0.25, 0.3) is 12.3 Å². The van der Waals surface area contributed by atoms with Crippen molar-refractivity contribution in [2.45, 2.75) is 37.8 Å². The number of carbonyl (C=O) groups excluding carboxylic acids is 3. The van der Waals surface area contributed by atoms with Gasteiger partial charge in [-0.1, -0.05) is 0 Å². The monoisotopic (exact) mass is 535 g/mol. The average molecular weight is 536 g/mol. The first-order chi connectivity index (χ1) is 17.7. The second-order valence-electron chi connectivity index (χ2n) is 10.5. The number of allylic oxidation sites excluding steroid dienone is 1. The number of phenols is 1. The van der Waals surface area contributed by atoms with Gasteiger partial charge in [-0.25, -0.2) is 8.78 Å². The molecule has 10 nitrogen and oxygen atoms in total. The zero-order valence-corrected chi connectivity index (χ0v) is 21.2. The second kappa shape index (κ2) is 9.75. The first kappa shape index (κ1) is 27.7. The van der Waals surface area contributed by atoms with Crippen molar-refractivity contribution in [2.24, 2.45) is 23.5 Å². The molecular weight excluding hydrogens is 504 g/mol. The minimum Gasteiger partial charge on any atom is -0.510 e. The lowest BCUT2D eigenvalue weighted by Gasteiger charge is -2.52. The van der Waals surface area contributed by atoms with Gasteiger partial charge < -0.3 is 31.5 Å². The minimum absolute atomic E-state index is 0.0579. The van der Waals surface area contributed by atoms with Crippen LogP contribution < -0.4 is 11.1 Å². The number of fused-ring (bicyclic) bond motifs is 3. The van der Waals surface area contributed by atoms with Crippen molar-refractivity contribution in [3.05, 3.63) is 45.7 Å². The summed E-state index contributed by atoms with van der Waals surface area (Å²) < 4.78 is 25.0. The molecule has 1 aromatic rings. The molecule has 1 saturated carbocycles. The van der Waals surface area contributed by atoms with E-state index in [2.05, 4.69) is 5.32 Å². The second-order valence-corrected chi connectivity index (χ2v) is 10.5. The number of nitrogens with zero attached hydrogens (tertiary/aromatic N) is 1. The number of aliphatic hydroxyl groups is 3. The highest BCUT2D eigenvalue weighted by atomic mass is 19.3. The molecular formula is C26H31F2N3O7. The number of nitrogens with two attached hydrogens (primary N) is 1.